The Kier molecular flexibility index (Phi) is 3.91. The molecule has 0 spiro atoms. The first-order chi connectivity index (χ1) is 6.31. The highest BCUT2D eigenvalue weighted by atomic mass is 31.2. The van der Waals surface area contributed by atoms with E-state index in [1.165, 1.54) is 0 Å². The number of hydrogen-bond donors (Lipinski definition) is 1. The van der Waals surface area contributed by atoms with E-state index >= 15 is 0 Å². The molecule has 1 fully saturated rings. The Morgan fingerprint density at radius 3 is 2.43 bits per heavy atom. The van der Waals surface area contributed by atoms with Gasteiger partial charge in [0.05, 0.1) is 12.2 Å². The van der Waals surface area contributed by atoms with Gasteiger partial charge in [0, 0.05) is 11.9 Å². The van der Waals surface area contributed by atoms with Crippen LogP contribution in [0.1, 0.15) is 13.3 Å². The molecule has 0 aromatic carbocycles. The second-order valence-corrected chi connectivity index (χ2v) is 9.26. The van der Waals surface area contributed by atoms with Crippen LogP contribution in [0.2, 0.25) is 0 Å². The van der Waals surface area contributed by atoms with E-state index in [2.05, 4.69) is 19.6 Å². The fourth-order valence-corrected chi connectivity index (χ4v) is 2.61. The van der Waals surface area contributed by atoms with Crippen LogP contribution in [0.25, 0.3) is 0 Å². The molecule has 14 heavy (non-hydrogen) atoms. The van der Waals surface area contributed by atoms with Crippen molar-refractivity contribution in [2.75, 3.05) is 19.5 Å². The summed E-state index contributed by atoms with van der Waals surface area (Å²) in [6.45, 7) is 5.30. The maximum absolute atomic E-state index is 9.81. The Labute approximate surface area is 88.4 Å². The fraction of sp³-hybridized carbons (Fsp3) is 0.900. The van der Waals surface area contributed by atoms with E-state index < -0.39 is 13.0 Å². The SMILES string of the molecule is [B][C@@H]1OC(CCP(=C)(C)C)[C@@H](O)[C@H]1C. The molecule has 4 heteroatoms. The van der Waals surface area contributed by atoms with Crippen molar-refractivity contribution < 1.29 is 9.84 Å². The van der Waals surface area contributed by atoms with Gasteiger partial charge in [0.2, 0.25) is 0 Å². The number of hydrogen-bond acceptors (Lipinski definition) is 2. The van der Waals surface area contributed by atoms with E-state index in [0.29, 0.717) is 0 Å². The van der Waals surface area contributed by atoms with Crippen LogP contribution in [0.5, 0.6) is 0 Å². The zero-order valence-corrected chi connectivity index (χ0v) is 10.2. The minimum absolute atomic E-state index is 0.0475. The minimum Gasteiger partial charge on any atom is -0.390 e. The van der Waals surface area contributed by atoms with E-state index in [0.717, 1.165) is 12.6 Å². The summed E-state index contributed by atoms with van der Waals surface area (Å²) in [6, 6.07) is -0.304. The van der Waals surface area contributed by atoms with Gasteiger partial charge in [-0.05, 0) is 25.9 Å². The molecule has 0 amide bonds. The molecule has 0 aliphatic carbocycles. The molecule has 0 bridgehead atoms. The average Bonchev–Trinajstić information content (AvgIpc) is 2.28. The molecule has 1 saturated heterocycles. The lowest BCUT2D eigenvalue weighted by molar-refractivity contribution is 0.0301. The number of ether oxygens (including phenoxy) is 1. The van der Waals surface area contributed by atoms with Gasteiger partial charge in [0.15, 0.2) is 0 Å². The second kappa shape index (κ2) is 4.43. The summed E-state index contributed by atoms with van der Waals surface area (Å²) in [5, 5.41) is 9.81. The van der Waals surface area contributed by atoms with Gasteiger partial charge in [-0.1, -0.05) is 6.92 Å². The van der Waals surface area contributed by atoms with Crippen molar-refractivity contribution in [1.29, 1.82) is 0 Å². The molecule has 2 nitrogen and oxygen atoms in total. The van der Waals surface area contributed by atoms with Gasteiger partial charge in [-0.3, -0.25) is 0 Å². The fourth-order valence-electron chi connectivity index (χ4n) is 1.65. The van der Waals surface area contributed by atoms with E-state index in [4.69, 9.17) is 12.6 Å². The van der Waals surface area contributed by atoms with E-state index in [9.17, 15) is 5.11 Å². The number of aliphatic hydroxyl groups excluding tert-OH is 1. The molecule has 80 valence electrons. The molecule has 1 rings (SSSR count). The first-order valence-electron chi connectivity index (χ1n) is 5.08. The van der Waals surface area contributed by atoms with Gasteiger partial charge < -0.3 is 9.84 Å². The van der Waals surface area contributed by atoms with Gasteiger partial charge in [0.25, 0.3) is 0 Å². The Bertz CT molecular complexity index is 238. The quantitative estimate of drug-likeness (QED) is 0.560. The Hall–Kier alpha value is 0.285. The zero-order valence-electron chi connectivity index (χ0n) is 9.31. The Morgan fingerprint density at radius 2 is 2.07 bits per heavy atom. The van der Waals surface area contributed by atoms with Crippen molar-refractivity contribution in [3.8, 4) is 0 Å². The number of rotatable bonds is 3. The summed E-state index contributed by atoms with van der Waals surface area (Å²) in [7, 11) is 5.71. The van der Waals surface area contributed by atoms with Crippen LogP contribution >= 0.6 is 6.89 Å². The van der Waals surface area contributed by atoms with Crippen LogP contribution in [0.3, 0.4) is 0 Å². The Morgan fingerprint density at radius 1 is 1.50 bits per heavy atom. The molecular formula is C10H20BO2P. The maximum Gasteiger partial charge on any atom is 0.109 e. The third-order valence-electron chi connectivity index (χ3n) is 2.79. The minimum atomic E-state index is -1.02. The summed E-state index contributed by atoms with van der Waals surface area (Å²) in [5.41, 5.74) is 0. The van der Waals surface area contributed by atoms with Crippen molar-refractivity contribution in [3.05, 3.63) is 0 Å². The monoisotopic (exact) mass is 214 g/mol. The molecule has 0 aromatic rings. The van der Waals surface area contributed by atoms with Gasteiger partial charge in [-0.2, -0.15) is 0 Å². The van der Waals surface area contributed by atoms with Crippen molar-refractivity contribution >= 4 is 21.0 Å². The lowest BCUT2D eigenvalue weighted by Crippen LogP contribution is -2.26. The molecule has 4 atom stereocenters. The second-order valence-electron chi connectivity index (χ2n) is 4.94. The molecule has 0 saturated carbocycles. The first kappa shape index (κ1) is 12.4. The molecule has 1 heterocycles. The summed E-state index contributed by atoms with van der Waals surface area (Å²) in [4.78, 5) is 0. The van der Waals surface area contributed by atoms with E-state index in [1.807, 2.05) is 6.92 Å². The van der Waals surface area contributed by atoms with Gasteiger partial charge in [-0.25, -0.2) is 0 Å². The summed E-state index contributed by atoms with van der Waals surface area (Å²) >= 11 is 0. The largest absolute Gasteiger partial charge is 0.390 e. The Balaban J connectivity index is 2.44. The van der Waals surface area contributed by atoms with Crippen molar-refractivity contribution in [2.45, 2.75) is 31.6 Å². The van der Waals surface area contributed by atoms with Crippen molar-refractivity contribution in [3.63, 3.8) is 0 Å². The highest BCUT2D eigenvalue weighted by Crippen LogP contribution is 2.38. The molecule has 1 aliphatic heterocycles. The normalized spacial score (nSPS) is 38.9. The third-order valence-corrected chi connectivity index (χ3v) is 4.26. The van der Waals surface area contributed by atoms with Gasteiger partial charge in [-0.15, -0.1) is 13.2 Å². The van der Waals surface area contributed by atoms with Crippen LogP contribution < -0.4 is 0 Å². The molecule has 2 radical (unpaired) electrons. The van der Waals surface area contributed by atoms with Gasteiger partial charge >= 0.3 is 0 Å². The first-order valence-corrected chi connectivity index (χ1v) is 8.13. The summed E-state index contributed by atoms with van der Waals surface area (Å²) in [5.74, 6) is 0.0475. The van der Waals surface area contributed by atoms with Crippen molar-refractivity contribution in [1.82, 2.24) is 0 Å². The lowest BCUT2D eigenvalue weighted by Gasteiger charge is -2.19. The molecule has 1 aliphatic rings. The molecule has 0 aromatic heterocycles. The third kappa shape index (κ3) is 3.15. The van der Waals surface area contributed by atoms with Crippen LogP contribution in [0.4, 0.5) is 0 Å². The van der Waals surface area contributed by atoms with Crippen LogP contribution in [-0.4, -0.2) is 57.0 Å². The smallest absolute Gasteiger partial charge is 0.109 e. The van der Waals surface area contributed by atoms with Crippen LogP contribution in [0.15, 0.2) is 0 Å². The highest BCUT2D eigenvalue weighted by molar-refractivity contribution is 7.72. The van der Waals surface area contributed by atoms with E-state index in [1.54, 1.807) is 0 Å². The van der Waals surface area contributed by atoms with Crippen LogP contribution in [0, 0.1) is 5.92 Å². The van der Waals surface area contributed by atoms with E-state index in [-0.39, 0.29) is 18.0 Å². The molecule has 1 N–H and O–H groups in total. The molecular weight excluding hydrogens is 194 g/mol. The number of aliphatic hydroxyl groups is 1. The van der Waals surface area contributed by atoms with Crippen LogP contribution in [-0.2, 0) is 4.74 Å². The summed E-state index contributed by atoms with van der Waals surface area (Å²) < 4.78 is 5.50. The standard InChI is InChI=1S/C10H20BO2P/c1-7-9(12)8(13-10(7)11)5-6-14(2,3)4/h7-10,12H,2,5-6H2,1,3-4H3/t7-,8?,9+,10-/m1/s1. The highest BCUT2D eigenvalue weighted by Gasteiger charge is 2.37. The van der Waals surface area contributed by atoms with Gasteiger partial charge in [0.1, 0.15) is 7.85 Å². The average molecular weight is 214 g/mol. The van der Waals surface area contributed by atoms with Crippen molar-refractivity contribution in [2.24, 2.45) is 5.92 Å². The maximum atomic E-state index is 9.81. The molecule has 1 unspecified atom stereocenters. The lowest BCUT2D eigenvalue weighted by atomic mass is 9.86. The predicted molar refractivity (Wildman–Crippen MR) is 65.0 cm³/mol. The predicted octanol–water partition coefficient (Wildman–Crippen LogP) is 0.976. The topological polar surface area (TPSA) is 29.5 Å². The summed E-state index contributed by atoms with van der Waals surface area (Å²) in [6.07, 6.45) is 5.58. The zero-order chi connectivity index (χ0) is 10.9.